The molecule has 0 radical (unpaired) electrons. The van der Waals surface area contributed by atoms with Crippen molar-refractivity contribution in [3.63, 3.8) is 0 Å². The van der Waals surface area contributed by atoms with Crippen molar-refractivity contribution in [2.24, 2.45) is 0 Å². The number of hydrogen-bond donors (Lipinski definition) is 1. The van der Waals surface area contributed by atoms with E-state index < -0.39 is 0 Å². The molecule has 1 aromatic heterocycles. The van der Waals surface area contributed by atoms with Crippen molar-refractivity contribution < 1.29 is 9.59 Å². The molecule has 2 aromatic carbocycles. The number of Topliss-reactive ketones (excluding diaryl/α,β-unsaturated/α-hetero) is 1. The van der Waals surface area contributed by atoms with Crippen LogP contribution in [0.4, 0.5) is 5.69 Å². The predicted octanol–water partition coefficient (Wildman–Crippen LogP) is 3.90. The zero-order chi connectivity index (χ0) is 19.2. The zero-order valence-electron chi connectivity index (χ0n) is 15.2. The number of hydrogen-bond acceptors (Lipinski definition) is 5. The Morgan fingerprint density at radius 1 is 1.04 bits per heavy atom. The SMILES string of the molecule is CCn1c(SCC(=O)c2ccccc2)nnc1-c1ccc(NC(C)=O)cc1. The van der Waals surface area contributed by atoms with Crippen molar-refractivity contribution in [2.45, 2.75) is 25.5 Å². The number of nitrogens with zero attached hydrogens (tertiary/aromatic N) is 3. The van der Waals surface area contributed by atoms with Gasteiger partial charge in [-0.1, -0.05) is 42.1 Å². The Hall–Kier alpha value is -2.93. The fourth-order valence-electron chi connectivity index (χ4n) is 2.64. The average Bonchev–Trinajstić information content (AvgIpc) is 3.10. The van der Waals surface area contributed by atoms with E-state index in [0.29, 0.717) is 23.0 Å². The number of carbonyl (C=O) groups excluding carboxylic acids is 2. The third-order valence-corrected chi connectivity index (χ3v) is 4.89. The Bertz CT molecular complexity index is 936. The van der Waals surface area contributed by atoms with Gasteiger partial charge in [0.2, 0.25) is 5.91 Å². The van der Waals surface area contributed by atoms with E-state index in [9.17, 15) is 9.59 Å². The van der Waals surface area contributed by atoms with E-state index in [4.69, 9.17) is 0 Å². The Morgan fingerprint density at radius 3 is 2.37 bits per heavy atom. The molecular formula is C20H20N4O2S. The van der Waals surface area contributed by atoms with Gasteiger partial charge in [-0.2, -0.15) is 0 Å². The molecule has 1 amide bonds. The van der Waals surface area contributed by atoms with Crippen LogP contribution in [0, 0.1) is 0 Å². The fraction of sp³-hybridized carbons (Fsp3) is 0.200. The molecule has 0 saturated carbocycles. The second-order valence-electron chi connectivity index (χ2n) is 5.89. The number of rotatable bonds is 7. The summed E-state index contributed by atoms with van der Waals surface area (Å²) < 4.78 is 1.98. The number of amides is 1. The first-order valence-electron chi connectivity index (χ1n) is 8.60. The topological polar surface area (TPSA) is 76.9 Å². The van der Waals surface area contributed by atoms with E-state index in [2.05, 4.69) is 15.5 Å². The highest BCUT2D eigenvalue weighted by molar-refractivity contribution is 7.99. The predicted molar refractivity (Wildman–Crippen MR) is 107 cm³/mol. The molecule has 0 aliphatic heterocycles. The Labute approximate surface area is 162 Å². The Balaban J connectivity index is 1.74. The molecule has 0 fully saturated rings. The molecular weight excluding hydrogens is 360 g/mol. The van der Waals surface area contributed by atoms with E-state index in [1.54, 1.807) is 0 Å². The first-order chi connectivity index (χ1) is 13.1. The summed E-state index contributed by atoms with van der Waals surface area (Å²) in [6.45, 7) is 4.18. The van der Waals surface area contributed by atoms with Gasteiger partial charge in [-0.3, -0.25) is 9.59 Å². The number of nitrogens with one attached hydrogen (secondary N) is 1. The molecule has 0 aliphatic carbocycles. The van der Waals surface area contributed by atoms with Gasteiger partial charge in [0, 0.05) is 30.3 Å². The zero-order valence-corrected chi connectivity index (χ0v) is 16.0. The number of anilines is 1. The van der Waals surface area contributed by atoms with E-state index in [1.165, 1.54) is 18.7 Å². The molecule has 0 unspecified atom stereocenters. The molecule has 1 N–H and O–H groups in total. The molecule has 3 rings (SSSR count). The molecule has 0 spiro atoms. The molecule has 3 aromatic rings. The molecule has 7 heteroatoms. The van der Waals surface area contributed by atoms with Gasteiger partial charge in [-0.25, -0.2) is 0 Å². The van der Waals surface area contributed by atoms with Crippen LogP contribution in [0.3, 0.4) is 0 Å². The highest BCUT2D eigenvalue weighted by atomic mass is 32.2. The summed E-state index contributed by atoms with van der Waals surface area (Å²) in [7, 11) is 0. The van der Waals surface area contributed by atoms with Crippen LogP contribution in [-0.2, 0) is 11.3 Å². The molecule has 1 heterocycles. The van der Waals surface area contributed by atoms with E-state index >= 15 is 0 Å². The monoisotopic (exact) mass is 380 g/mol. The van der Waals surface area contributed by atoms with Gasteiger partial charge in [-0.05, 0) is 31.2 Å². The van der Waals surface area contributed by atoms with Crippen molar-refractivity contribution >= 4 is 29.1 Å². The largest absolute Gasteiger partial charge is 0.326 e. The van der Waals surface area contributed by atoms with Crippen LogP contribution in [0.5, 0.6) is 0 Å². The number of aromatic nitrogens is 3. The van der Waals surface area contributed by atoms with Crippen molar-refractivity contribution in [1.29, 1.82) is 0 Å². The smallest absolute Gasteiger partial charge is 0.221 e. The van der Waals surface area contributed by atoms with Crippen molar-refractivity contribution in [1.82, 2.24) is 14.8 Å². The maximum absolute atomic E-state index is 12.3. The summed E-state index contributed by atoms with van der Waals surface area (Å²) in [5.41, 5.74) is 2.33. The van der Waals surface area contributed by atoms with Crippen LogP contribution in [0.1, 0.15) is 24.2 Å². The molecule has 6 nitrogen and oxygen atoms in total. The van der Waals surface area contributed by atoms with Crippen molar-refractivity contribution in [3.8, 4) is 11.4 Å². The van der Waals surface area contributed by atoms with Crippen LogP contribution in [-0.4, -0.2) is 32.2 Å². The lowest BCUT2D eigenvalue weighted by Crippen LogP contribution is -2.06. The molecule has 0 bridgehead atoms. The number of ketones is 1. The quantitative estimate of drug-likeness (QED) is 0.497. The van der Waals surface area contributed by atoms with Crippen LogP contribution in [0.25, 0.3) is 11.4 Å². The highest BCUT2D eigenvalue weighted by Crippen LogP contribution is 2.25. The van der Waals surface area contributed by atoms with Crippen molar-refractivity contribution in [2.75, 3.05) is 11.1 Å². The average molecular weight is 380 g/mol. The second kappa shape index (κ2) is 8.64. The maximum Gasteiger partial charge on any atom is 0.221 e. The van der Waals surface area contributed by atoms with Gasteiger partial charge in [-0.15, -0.1) is 10.2 Å². The van der Waals surface area contributed by atoms with E-state index in [-0.39, 0.29) is 11.7 Å². The van der Waals surface area contributed by atoms with Gasteiger partial charge in [0.25, 0.3) is 0 Å². The van der Waals surface area contributed by atoms with Crippen LogP contribution < -0.4 is 5.32 Å². The minimum Gasteiger partial charge on any atom is -0.326 e. The first-order valence-corrected chi connectivity index (χ1v) is 9.59. The van der Waals surface area contributed by atoms with Gasteiger partial charge in [0.1, 0.15) is 0 Å². The normalized spacial score (nSPS) is 10.6. The lowest BCUT2D eigenvalue weighted by atomic mass is 10.2. The van der Waals surface area contributed by atoms with Crippen LogP contribution in [0.2, 0.25) is 0 Å². The minimum atomic E-state index is -0.110. The summed E-state index contributed by atoms with van der Waals surface area (Å²) >= 11 is 1.38. The second-order valence-corrected chi connectivity index (χ2v) is 6.83. The van der Waals surface area contributed by atoms with Crippen LogP contribution in [0.15, 0.2) is 59.8 Å². The molecule has 27 heavy (non-hydrogen) atoms. The Morgan fingerprint density at radius 2 is 1.74 bits per heavy atom. The van der Waals surface area contributed by atoms with Gasteiger partial charge in [0.05, 0.1) is 5.75 Å². The number of carbonyl (C=O) groups is 2. The fourth-order valence-corrected chi connectivity index (χ4v) is 3.53. The van der Waals surface area contributed by atoms with Gasteiger partial charge in [0.15, 0.2) is 16.8 Å². The maximum atomic E-state index is 12.3. The highest BCUT2D eigenvalue weighted by Gasteiger charge is 2.15. The summed E-state index contributed by atoms with van der Waals surface area (Å²) in [6.07, 6.45) is 0. The lowest BCUT2D eigenvalue weighted by molar-refractivity contribution is -0.114. The first kappa shape index (κ1) is 18.8. The summed E-state index contributed by atoms with van der Waals surface area (Å²) in [6, 6.07) is 16.7. The van der Waals surface area contributed by atoms with Crippen molar-refractivity contribution in [3.05, 3.63) is 60.2 Å². The standard InChI is InChI=1S/C20H20N4O2S/c1-3-24-19(16-9-11-17(12-10-16)21-14(2)25)22-23-20(24)27-13-18(26)15-7-5-4-6-8-15/h4-12H,3,13H2,1-2H3,(H,21,25). The Kier molecular flexibility index (Phi) is 6.03. The molecule has 0 saturated heterocycles. The minimum absolute atomic E-state index is 0.0625. The van der Waals surface area contributed by atoms with E-state index in [1.807, 2.05) is 66.1 Å². The third kappa shape index (κ3) is 4.62. The molecule has 0 aliphatic rings. The number of thioether (sulfide) groups is 1. The van der Waals surface area contributed by atoms with Crippen LogP contribution >= 0.6 is 11.8 Å². The molecule has 138 valence electrons. The summed E-state index contributed by atoms with van der Waals surface area (Å²) in [5, 5.41) is 12.0. The summed E-state index contributed by atoms with van der Waals surface area (Å²) in [4.78, 5) is 23.4. The van der Waals surface area contributed by atoms with Gasteiger partial charge >= 0.3 is 0 Å². The third-order valence-electron chi connectivity index (χ3n) is 3.92. The lowest BCUT2D eigenvalue weighted by Gasteiger charge is -2.08. The summed E-state index contributed by atoms with van der Waals surface area (Å²) in [5.74, 6) is 0.999. The van der Waals surface area contributed by atoms with Gasteiger partial charge < -0.3 is 9.88 Å². The molecule has 0 atom stereocenters. The number of benzene rings is 2. The van der Waals surface area contributed by atoms with E-state index in [0.717, 1.165) is 17.1 Å².